The lowest BCUT2D eigenvalue weighted by atomic mass is 10.1. The molecule has 19 heavy (non-hydrogen) atoms. The Labute approximate surface area is 117 Å². The molecule has 0 spiro atoms. The van der Waals surface area contributed by atoms with Crippen LogP contribution < -0.4 is 10.2 Å². The minimum Gasteiger partial charge on any atom is -0.508 e. The molecule has 3 nitrogen and oxygen atoms in total. The molecule has 0 aromatic heterocycles. The smallest absolute Gasteiger partial charge is 0.122 e. The highest BCUT2D eigenvalue weighted by Gasteiger charge is 2.12. The average molecular weight is 264 g/mol. The van der Waals surface area contributed by atoms with Crippen molar-refractivity contribution in [1.82, 2.24) is 5.32 Å². The third-order valence-corrected chi connectivity index (χ3v) is 3.42. The molecule has 1 aromatic carbocycles. The molecule has 0 radical (unpaired) electrons. The van der Waals surface area contributed by atoms with Gasteiger partial charge in [0.2, 0.25) is 0 Å². The molecule has 2 N–H and O–H groups in total. The Morgan fingerprint density at radius 1 is 1.21 bits per heavy atom. The minimum atomic E-state index is 0.190. The number of nitrogens with one attached hydrogen (secondary N) is 1. The molecular formula is C16H28N2O. The number of nitrogens with zero attached hydrogens (tertiary/aromatic N) is 1. The summed E-state index contributed by atoms with van der Waals surface area (Å²) >= 11 is 0. The van der Waals surface area contributed by atoms with Gasteiger partial charge in [0.05, 0.1) is 0 Å². The van der Waals surface area contributed by atoms with E-state index in [4.69, 9.17) is 0 Å². The topological polar surface area (TPSA) is 35.5 Å². The van der Waals surface area contributed by atoms with Crippen molar-refractivity contribution in [3.63, 3.8) is 0 Å². The Hall–Kier alpha value is -1.22. The molecule has 1 unspecified atom stereocenters. The van der Waals surface area contributed by atoms with Crippen LogP contribution in [0.4, 0.5) is 5.69 Å². The number of benzene rings is 1. The number of anilines is 1. The first-order chi connectivity index (χ1) is 9.13. The Kier molecular flexibility index (Phi) is 6.71. The van der Waals surface area contributed by atoms with Crippen LogP contribution in [0, 0.1) is 0 Å². The van der Waals surface area contributed by atoms with Gasteiger partial charge in [-0.15, -0.1) is 0 Å². The third-order valence-electron chi connectivity index (χ3n) is 3.42. The monoisotopic (exact) mass is 264 g/mol. The second-order valence-electron chi connectivity index (χ2n) is 5.00. The molecule has 1 rings (SSSR count). The van der Waals surface area contributed by atoms with Crippen molar-refractivity contribution >= 4 is 5.69 Å². The standard InChI is InChI=1S/C16H28N2O/c1-5-10-17-13(4)15-9-8-14(12-16(15)19)18(7-3)11-6-2/h8-9,12-13,17,19H,5-7,10-11H2,1-4H3. The summed E-state index contributed by atoms with van der Waals surface area (Å²) in [6.45, 7) is 11.5. The molecule has 0 saturated heterocycles. The van der Waals surface area contributed by atoms with Gasteiger partial charge in [-0.1, -0.05) is 19.9 Å². The summed E-state index contributed by atoms with van der Waals surface area (Å²) in [5.41, 5.74) is 2.08. The minimum absolute atomic E-state index is 0.190. The molecule has 0 saturated carbocycles. The van der Waals surface area contributed by atoms with Crippen LogP contribution >= 0.6 is 0 Å². The molecule has 0 aliphatic rings. The Balaban J connectivity index is 2.83. The summed E-state index contributed by atoms with van der Waals surface area (Å²) in [5.74, 6) is 0.392. The third kappa shape index (κ3) is 4.43. The lowest BCUT2D eigenvalue weighted by Crippen LogP contribution is -2.23. The molecule has 108 valence electrons. The number of hydrogen-bond acceptors (Lipinski definition) is 3. The summed E-state index contributed by atoms with van der Waals surface area (Å²) in [5, 5.41) is 13.6. The maximum absolute atomic E-state index is 10.2. The molecular weight excluding hydrogens is 236 g/mol. The maximum atomic E-state index is 10.2. The van der Waals surface area contributed by atoms with Crippen LogP contribution in [0.15, 0.2) is 18.2 Å². The molecule has 0 bridgehead atoms. The van der Waals surface area contributed by atoms with Crippen molar-refractivity contribution in [2.75, 3.05) is 24.5 Å². The van der Waals surface area contributed by atoms with E-state index in [1.165, 1.54) is 0 Å². The van der Waals surface area contributed by atoms with Crippen LogP contribution in [-0.2, 0) is 0 Å². The highest BCUT2D eigenvalue weighted by Crippen LogP contribution is 2.29. The van der Waals surface area contributed by atoms with E-state index in [1.807, 2.05) is 12.1 Å². The zero-order chi connectivity index (χ0) is 14.3. The molecule has 0 aliphatic heterocycles. The summed E-state index contributed by atoms with van der Waals surface area (Å²) in [4.78, 5) is 2.29. The van der Waals surface area contributed by atoms with Crippen molar-refractivity contribution in [1.29, 1.82) is 0 Å². The van der Waals surface area contributed by atoms with Crippen molar-refractivity contribution < 1.29 is 5.11 Å². The van der Waals surface area contributed by atoms with Crippen LogP contribution in [-0.4, -0.2) is 24.7 Å². The van der Waals surface area contributed by atoms with Crippen LogP contribution in [0.25, 0.3) is 0 Å². The first-order valence-electron chi connectivity index (χ1n) is 7.45. The van der Waals surface area contributed by atoms with Crippen molar-refractivity contribution in [3.8, 4) is 5.75 Å². The van der Waals surface area contributed by atoms with Crippen molar-refractivity contribution in [3.05, 3.63) is 23.8 Å². The van der Waals surface area contributed by atoms with Crippen molar-refractivity contribution in [2.24, 2.45) is 0 Å². The fourth-order valence-electron chi connectivity index (χ4n) is 2.31. The largest absolute Gasteiger partial charge is 0.508 e. The Morgan fingerprint density at radius 2 is 1.95 bits per heavy atom. The van der Waals surface area contributed by atoms with Gasteiger partial charge in [-0.05, 0) is 39.3 Å². The van der Waals surface area contributed by atoms with Gasteiger partial charge in [0.25, 0.3) is 0 Å². The highest BCUT2D eigenvalue weighted by molar-refractivity contribution is 5.54. The van der Waals surface area contributed by atoms with Crippen LogP contribution in [0.3, 0.4) is 0 Å². The molecule has 0 amide bonds. The van der Waals surface area contributed by atoms with Gasteiger partial charge in [0.15, 0.2) is 0 Å². The number of rotatable bonds is 8. The first kappa shape index (κ1) is 15.8. The first-order valence-corrected chi connectivity index (χ1v) is 7.45. The zero-order valence-corrected chi connectivity index (χ0v) is 12.7. The highest BCUT2D eigenvalue weighted by atomic mass is 16.3. The number of phenols is 1. The molecule has 0 heterocycles. The molecule has 0 aliphatic carbocycles. The molecule has 1 atom stereocenters. The predicted molar refractivity (Wildman–Crippen MR) is 83.0 cm³/mol. The predicted octanol–water partition coefficient (Wildman–Crippen LogP) is 3.69. The number of hydrogen-bond donors (Lipinski definition) is 2. The van der Waals surface area contributed by atoms with Crippen molar-refractivity contribution in [2.45, 2.75) is 46.6 Å². The fraction of sp³-hybridized carbons (Fsp3) is 0.625. The average Bonchev–Trinajstić information content (AvgIpc) is 2.42. The number of aromatic hydroxyl groups is 1. The van der Waals surface area contributed by atoms with Gasteiger partial charge < -0.3 is 15.3 Å². The van der Waals surface area contributed by atoms with Gasteiger partial charge in [0, 0.05) is 36.4 Å². The van der Waals surface area contributed by atoms with E-state index in [0.29, 0.717) is 5.75 Å². The van der Waals surface area contributed by atoms with Gasteiger partial charge in [-0.2, -0.15) is 0 Å². The summed E-state index contributed by atoms with van der Waals surface area (Å²) < 4.78 is 0. The Morgan fingerprint density at radius 3 is 2.47 bits per heavy atom. The Bertz CT molecular complexity index is 379. The van der Waals surface area contributed by atoms with E-state index in [-0.39, 0.29) is 6.04 Å². The fourth-order valence-corrected chi connectivity index (χ4v) is 2.31. The second kappa shape index (κ2) is 8.05. The molecule has 1 aromatic rings. The van der Waals surface area contributed by atoms with Crippen LogP contribution in [0.2, 0.25) is 0 Å². The van der Waals surface area contributed by atoms with E-state index in [9.17, 15) is 5.11 Å². The summed E-state index contributed by atoms with van der Waals surface area (Å²) in [6.07, 6.45) is 2.22. The maximum Gasteiger partial charge on any atom is 0.122 e. The van der Waals surface area contributed by atoms with Crippen LogP contribution in [0.5, 0.6) is 5.75 Å². The SMILES string of the molecule is CCCNC(C)c1ccc(N(CC)CCC)cc1O. The zero-order valence-electron chi connectivity index (χ0n) is 12.7. The van der Waals surface area contributed by atoms with E-state index in [2.05, 4.69) is 44.0 Å². The normalized spacial score (nSPS) is 12.4. The summed E-state index contributed by atoms with van der Waals surface area (Å²) in [7, 11) is 0. The lowest BCUT2D eigenvalue weighted by Gasteiger charge is -2.24. The van der Waals surface area contributed by atoms with Gasteiger partial charge >= 0.3 is 0 Å². The molecule has 0 fully saturated rings. The quantitative estimate of drug-likeness (QED) is 0.751. The number of phenolic OH excluding ortho intramolecular Hbond substituents is 1. The summed E-state index contributed by atoms with van der Waals surface area (Å²) in [6, 6.07) is 6.23. The van der Waals surface area contributed by atoms with E-state index >= 15 is 0 Å². The lowest BCUT2D eigenvalue weighted by molar-refractivity contribution is 0.452. The van der Waals surface area contributed by atoms with Gasteiger partial charge in [-0.3, -0.25) is 0 Å². The van der Waals surface area contributed by atoms with Gasteiger partial charge in [0.1, 0.15) is 5.75 Å². The van der Waals surface area contributed by atoms with E-state index in [0.717, 1.165) is 43.7 Å². The van der Waals surface area contributed by atoms with E-state index in [1.54, 1.807) is 0 Å². The van der Waals surface area contributed by atoms with Gasteiger partial charge in [-0.25, -0.2) is 0 Å². The second-order valence-corrected chi connectivity index (χ2v) is 5.00. The van der Waals surface area contributed by atoms with E-state index < -0.39 is 0 Å². The van der Waals surface area contributed by atoms with Crippen LogP contribution in [0.1, 0.15) is 52.1 Å². The molecule has 3 heteroatoms.